The van der Waals surface area contributed by atoms with E-state index >= 15 is 4.39 Å². The summed E-state index contributed by atoms with van der Waals surface area (Å²) in [7, 11) is -3.48. The van der Waals surface area contributed by atoms with Gasteiger partial charge >= 0.3 is 0 Å². The van der Waals surface area contributed by atoms with Gasteiger partial charge in [-0.25, -0.2) is 17.8 Å². The second-order valence-corrected chi connectivity index (χ2v) is 11.8. The van der Waals surface area contributed by atoms with Gasteiger partial charge in [-0.3, -0.25) is 5.41 Å². The molecule has 0 amide bonds. The summed E-state index contributed by atoms with van der Waals surface area (Å²) in [6, 6.07) is 16.7. The van der Waals surface area contributed by atoms with Gasteiger partial charge in [0.2, 0.25) is 0 Å². The standard InChI is InChI=1S/C30H34FN5O4S/c1-5-39-22-15-25(29(31)26(16-22)40-19(3)4)36(21-13-11-20(12-14-21)30(32)33)18-28-34-17-24(35-28)23-9-7-8-10-27(23)41(37,38)6-2/h7-17,19H,5-6,18H2,1-4H3,(H3,32,33)(H,34,35). The molecule has 1 heterocycles. The molecule has 0 bridgehead atoms. The number of nitrogens with one attached hydrogen (secondary N) is 2. The molecule has 0 aliphatic carbocycles. The molecule has 3 aromatic carbocycles. The zero-order valence-corrected chi connectivity index (χ0v) is 24.3. The Morgan fingerprint density at radius 2 is 1.83 bits per heavy atom. The summed E-state index contributed by atoms with van der Waals surface area (Å²) >= 11 is 0. The van der Waals surface area contributed by atoms with Crippen LogP contribution in [0.5, 0.6) is 11.5 Å². The van der Waals surface area contributed by atoms with Crippen molar-refractivity contribution in [1.29, 1.82) is 5.41 Å². The van der Waals surface area contributed by atoms with Gasteiger partial charge in [0.15, 0.2) is 21.4 Å². The number of nitrogen functional groups attached to an aromatic ring is 1. The number of nitrogens with zero attached hydrogens (tertiary/aromatic N) is 2. The summed E-state index contributed by atoms with van der Waals surface area (Å²) in [5.41, 5.74) is 7.98. The van der Waals surface area contributed by atoms with Crippen LogP contribution in [0.3, 0.4) is 0 Å². The second kappa shape index (κ2) is 12.4. The summed E-state index contributed by atoms with van der Waals surface area (Å²) in [5, 5.41) is 7.73. The fourth-order valence-electron chi connectivity index (χ4n) is 4.33. The lowest BCUT2D eigenvalue weighted by Gasteiger charge is -2.26. The second-order valence-electron chi connectivity index (χ2n) is 9.54. The fraction of sp³-hybridized carbons (Fsp3) is 0.267. The van der Waals surface area contributed by atoms with Crippen LogP contribution in [0.15, 0.2) is 71.8 Å². The van der Waals surface area contributed by atoms with Gasteiger partial charge in [-0.05, 0) is 51.1 Å². The molecule has 4 rings (SSSR count). The maximum Gasteiger partial charge on any atom is 0.188 e. The summed E-state index contributed by atoms with van der Waals surface area (Å²) in [5.74, 6) is 0.243. The van der Waals surface area contributed by atoms with Crippen molar-refractivity contribution in [3.05, 3.63) is 84.1 Å². The van der Waals surface area contributed by atoms with Crippen molar-refractivity contribution >= 4 is 27.0 Å². The number of nitrogens with two attached hydrogens (primary N) is 1. The number of imidazole rings is 1. The number of sulfone groups is 1. The van der Waals surface area contributed by atoms with E-state index in [2.05, 4.69) is 9.97 Å². The van der Waals surface area contributed by atoms with Crippen LogP contribution in [0, 0.1) is 11.2 Å². The Bertz CT molecular complexity index is 1640. The van der Waals surface area contributed by atoms with Gasteiger partial charge in [0.25, 0.3) is 0 Å². The van der Waals surface area contributed by atoms with E-state index in [4.69, 9.17) is 20.6 Å². The summed E-state index contributed by atoms with van der Waals surface area (Å²) in [4.78, 5) is 9.63. The first-order valence-corrected chi connectivity index (χ1v) is 14.9. The van der Waals surface area contributed by atoms with Crippen LogP contribution < -0.4 is 20.1 Å². The van der Waals surface area contributed by atoms with Crippen LogP contribution >= 0.6 is 0 Å². The van der Waals surface area contributed by atoms with Gasteiger partial charge in [-0.2, -0.15) is 0 Å². The van der Waals surface area contributed by atoms with Crippen LogP contribution in [0.4, 0.5) is 15.8 Å². The molecule has 216 valence electrons. The number of aromatic amines is 1. The number of rotatable bonds is 12. The quantitative estimate of drug-likeness (QED) is 0.142. The number of halogens is 1. The molecule has 0 aliphatic rings. The Labute approximate surface area is 239 Å². The molecule has 0 saturated carbocycles. The Balaban J connectivity index is 1.82. The van der Waals surface area contributed by atoms with Crippen molar-refractivity contribution in [1.82, 2.24) is 9.97 Å². The minimum Gasteiger partial charge on any atom is -0.494 e. The van der Waals surface area contributed by atoms with E-state index in [0.29, 0.717) is 40.7 Å². The van der Waals surface area contributed by atoms with Crippen LogP contribution in [0.25, 0.3) is 11.3 Å². The third-order valence-electron chi connectivity index (χ3n) is 6.28. The normalized spacial score (nSPS) is 11.5. The third-order valence-corrected chi connectivity index (χ3v) is 8.06. The zero-order chi connectivity index (χ0) is 29.7. The molecule has 0 aliphatic heterocycles. The van der Waals surface area contributed by atoms with E-state index in [0.717, 1.165) is 0 Å². The first kappa shape index (κ1) is 29.6. The molecule has 0 fully saturated rings. The Kier molecular flexibility index (Phi) is 8.97. The highest BCUT2D eigenvalue weighted by Gasteiger charge is 2.23. The molecule has 41 heavy (non-hydrogen) atoms. The number of H-pyrrole nitrogens is 1. The minimum atomic E-state index is -3.48. The highest BCUT2D eigenvalue weighted by atomic mass is 32.2. The van der Waals surface area contributed by atoms with E-state index < -0.39 is 15.7 Å². The average molecular weight is 580 g/mol. The summed E-state index contributed by atoms with van der Waals surface area (Å²) in [6.45, 7) is 7.53. The molecule has 4 aromatic rings. The van der Waals surface area contributed by atoms with E-state index in [-0.39, 0.29) is 40.6 Å². The highest BCUT2D eigenvalue weighted by Crippen LogP contribution is 2.38. The Morgan fingerprint density at radius 1 is 1.12 bits per heavy atom. The van der Waals surface area contributed by atoms with Crippen molar-refractivity contribution in [2.45, 2.75) is 45.2 Å². The van der Waals surface area contributed by atoms with Gasteiger partial charge < -0.3 is 25.1 Å². The number of hydrogen-bond donors (Lipinski definition) is 3. The van der Waals surface area contributed by atoms with Gasteiger partial charge in [0.05, 0.1) is 47.5 Å². The predicted octanol–water partition coefficient (Wildman–Crippen LogP) is 5.82. The smallest absolute Gasteiger partial charge is 0.188 e. The minimum absolute atomic E-state index is 0.0364. The fourth-order valence-corrected chi connectivity index (χ4v) is 5.44. The summed E-state index contributed by atoms with van der Waals surface area (Å²) < 4.78 is 53.0. The molecular formula is C30H34FN5O4S. The lowest BCUT2D eigenvalue weighted by Crippen LogP contribution is -2.20. The van der Waals surface area contributed by atoms with Crippen LogP contribution in [-0.4, -0.2) is 42.7 Å². The molecule has 9 nitrogen and oxygen atoms in total. The van der Waals surface area contributed by atoms with Gasteiger partial charge in [-0.15, -0.1) is 0 Å². The molecule has 1 aromatic heterocycles. The maximum atomic E-state index is 16.0. The van der Waals surface area contributed by atoms with E-state index in [1.807, 2.05) is 20.8 Å². The maximum absolute atomic E-state index is 16.0. The first-order chi connectivity index (χ1) is 19.5. The van der Waals surface area contributed by atoms with E-state index in [9.17, 15) is 8.42 Å². The largest absolute Gasteiger partial charge is 0.494 e. The van der Waals surface area contributed by atoms with Crippen molar-refractivity contribution < 1.29 is 22.3 Å². The van der Waals surface area contributed by atoms with Crippen LogP contribution in [0.1, 0.15) is 39.1 Å². The molecule has 0 spiro atoms. The summed E-state index contributed by atoms with van der Waals surface area (Å²) in [6.07, 6.45) is 1.29. The molecule has 0 unspecified atom stereocenters. The molecular weight excluding hydrogens is 545 g/mol. The number of aromatic nitrogens is 2. The molecule has 0 saturated heterocycles. The van der Waals surface area contributed by atoms with Crippen LogP contribution in [-0.2, 0) is 16.4 Å². The molecule has 4 N–H and O–H groups in total. The molecule has 0 atom stereocenters. The highest BCUT2D eigenvalue weighted by molar-refractivity contribution is 7.91. The van der Waals surface area contributed by atoms with Gasteiger partial charge in [-0.1, -0.05) is 25.1 Å². The lowest BCUT2D eigenvalue weighted by molar-refractivity contribution is 0.229. The Morgan fingerprint density at radius 3 is 2.46 bits per heavy atom. The number of hydrogen-bond acceptors (Lipinski definition) is 7. The van der Waals surface area contributed by atoms with Crippen molar-refractivity contribution in [3.8, 4) is 22.8 Å². The molecule has 11 heteroatoms. The van der Waals surface area contributed by atoms with Crippen molar-refractivity contribution in [2.75, 3.05) is 17.3 Å². The topological polar surface area (TPSA) is 134 Å². The van der Waals surface area contributed by atoms with E-state index in [1.165, 1.54) is 6.07 Å². The SMILES string of the molecule is CCOc1cc(OC(C)C)c(F)c(N(Cc2ncc(-c3ccccc3S(=O)(=O)CC)[nH]2)c2ccc(C(=N)N)cc2)c1. The lowest BCUT2D eigenvalue weighted by atomic mass is 10.1. The average Bonchev–Trinajstić information content (AvgIpc) is 3.42. The monoisotopic (exact) mass is 579 g/mol. The number of anilines is 2. The van der Waals surface area contributed by atoms with Crippen LogP contribution in [0.2, 0.25) is 0 Å². The Hall–Kier alpha value is -4.38. The molecule has 0 radical (unpaired) electrons. The number of benzene rings is 3. The number of amidine groups is 1. The number of ether oxygens (including phenoxy) is 2. The van der Waals surface area contributed by atoms with Gasteiger partial charge in [0, 0.05) is 28.9 Å². The third kappa shape index (κ3) is 6.68. The van der Waals surface area contributed by atoms with Gasteiger partial charge in [0.1, 0.15) is 17.4 Å². The zero-order valence-electron chi connectivity index (χ0n) is 23.4. The predicted molar refractivity (Wildman–Crippen MR) is 158 cm³/mol. The van der Waals surface area contributed by atoms with E-state index in [1.54, 1.807) is 72.6 Å². The van der Waals surface area contributed by atoms with Crippen molar-refractivity contribution in [3.63, 3.8) is 0 Å². The first-order valence-electron chi connectivity index (χ1n) is 13.2. The van der Waals surface area contributed by atoms with Crippen molar-refractivity contribution in [2.24, 2.45) is 5.73 Å².